The number of hydrogen-bond acceptors (Lipinski definition) is 3. The van der Waals surface area contributed by atoms with Gasteiger partial charge in [0.05, 0.1) is 0 Å². The van der Waals surface area contributed by atoms with E-state index in [-0.39, 0.29) is 0 Å². The Morgan fingerprint density at radius 2 is 1.89 bits per heavy atom. The van der Waals surface area contributed by atoms with Crippen LogP contribution in [0.3, 0.4) is 0 Å². The Bertz CT molecular complexity index is 760. The van der Waals surface area contributed by atoms with Gasteiger partial charge >= 0.3 is 0 Å². The number of benzene rings is 2. The van der Waals surface area contributed by atoms with E-state index in [0.29, 0.717) is 27.6 Å². The predicted octanol–water partition coefficient (Wildman–Crippen LogP) is 2.67. The molecular weight excluding hydrogens is 232 g/mol. The normalized spacial score (nSPS) is 13.1. The van der Waals surface area contributed by atoms with Gasteiger partial charge in [-0.2, -0.15) is 0 Å². The van der Waals surface area contributed by atoms with Crippen LogP contribution in [0.5, 0.6) is 0 Å². The Morgan fingerprint density at radius 1 is 1.11 bits per heavy atom. The first-order chi connectivity index (χ1) is 8.70. The zero-order valence-electron chi connectivity index (χ0n) is 9.04. The molecule has 0 aromatic heterocycles. The van der Waals surface area contributed by atoms with E-state index in [0.717, 1.165) is 0 Å². The lowest BCUT2D eigenvalue weighted by Crippen LogP contribution is -2.34. The van der Waals surface area contributed by atoms with Gasteiger partial charge in [-0.05, 0) is 29.1 Å². The van der Waals surface area contributed by atoms with Crippen LogP contribution in [-0.2, 0) is 0 Å². The standard InChI is InChI=1S/C12H6N4O2/c13-16-15-7-4-6-2-1-3-8-10(6)9(5-7)12(18)14-11(8)17/h1-5H,(H,14,17,18). The fraction of sp³-hybridized carbons (Fsp3) is 0. The summed E-state index contributed by atoms with van der Waals surface area (Å²) in [4.78, 5) is 26.1. The van der Waals surface area contributed by atoms with Gasteiger partial charge in [-0.3, -0.25) is 14.9 Å². The summed E-state index contributed by atoms with van der Waals surface area (Å²) in [6.45, 7) is 0. The van der Waals surface area contributed by atoms with Crippen molar-refractivity contribution < 1.29 is 9.59 Å². The summed E-state index contributed by atoms with van der Waals surface area (Å²) < 4.78 is 0. The van der Waals surface area contributed by atoms with E-state index in [1.807, 2.05) is 0 Å². The predicted molar refractivity (Wildman–Crippen MR) is 64.6 cm³/mol. The SMILES string of the molecule is [N-]=[N+]=Nc1cc2c3c(cccc3c1)C(=O)NC2=O. The van der Waals surface area contributed by atoms with Crippen molar-refractivity contribution in [2.75, 3.05) is 0 Å². The smallest absolute Gasteiger partial charge is 0.258 e. The van der Waals surface area contributed by atoms with Crippen LogP contribution in [-0.4, -0.2) is 11.8 Å². The summed E-state index contributed by atoms with van der Waals surface area (Å²) in [6.07, 6.45) is 0. The van der Waals surface area contributed by atoms with Crippen molar-refractivity contribution in [3.05, 3.63) is 51.9 Å². The quantitative estimate of drug-likeness (QED) is 0.357. The molecule has 1 aliphatic heterocycles. The lowest BCUT2D eigenvalue weighted by atomic mass is 9.95. The largest absolute Gasteiger partial charge is 0.288 e. The summed E-state index contributed by atoms with van der Waals surface area (Å²) in [5.41, 5.74) is 9.59. The number of rotatable bonds is 1. The fourth-order valence-corrected chi connectivity index (χ4v) is 2.13. The monoisotopic (exact) mass is 238 g/mol. The molecule has 86 valence electrons. The van der Waals surface area contributed by atoms with Crippen molar-refractivity contribution in [2.45, 2.75) is 0 Å². The maximum Gasteiger partial charge on any atom is 0.258 e. The molecule has 0 atom stereocenters. The molecule has 6 heteroatoms. The second-order valence-corrected chi connectivity index (χ2v) is 3.87. The van der Waals surface area contributed by atoms with Crippen LogP contribution in [0.2, 0.25) is 0 Å². The molecule has 3 rings (SSSR count). The molecule has 6 nitrogen and oxygen atoms in total. The van der Waals surface area contributed by atoms with Gasteiger partial charge < -0.3 is 0 Å². The molecule has 0 bridgehead atoms. The van der Waals surface area contributed by atoms with Crippen LogP contribution < -0.4 is 5.32 Å². The number of hydrogen-bond donors (Lipinski definition) is 1. The fourth-order valence-electron chi connectivity index (χ4n) is 2.13. The molecule has 1 heterocycles. The number of imide groups is 1. The molecule has 2 aromatic carbocycles. The molecule has 18 heavy (non-hydrogen) atoms. The maximum atomic E-state index is 11.8. The van der Waals surface area contributed by atoms with E-state index in [4.69, 9.17) is 5.53 Å². The number of amides is 2. The number of nitrogens with zero attached hydrogens (tertiary/aromatic N) is 3. The highest BCUT2D eigenvalue weighted by Gasteiger charge is 2.24. The van der Waals surface area contributed by atoms with Crippen molar-refractivity contribution in [1.82, 2.24) is 5.32 Å². The van der Waals surface area contributed by atoms with Crippen LogP contribution in [0.1, 0.15) is 20.7 Å². The zero-order chi connectivity index (χ0) is 12.7. The van der Waals surface area contributed by atoms with Gasteiger partial charge in [0.25, 0.3) is 11.8 Å². The third-order valence-electron chi connectivity index (χ3n) is 2.84. The van der Waals surface area contributed by atoms with Gasteiger partial charge in [0.2, 0.25) is 0 Å². The van der Waals surface area contributed by atoms with Crippen molar-refractivity contribution in [2.24, 2.45) is 5.11 Å². The highest BCUT2D eigenvalue weighted by atomic mass is 16.2. The first-order valence-corrected chi connectivity index (χ1v) is 5.18. The maximum absolute atomic E-state index is 11.8. The molecule has 0 fully saturated rings. The summed E-state index contributed by atoms with van der Waals surface area (Å²) in [5, 5.41) is 7.04. The average molecular weight is 238 g/mol. The minimum Gasteiger partial charge on any atom is -0.288 e. The van der Waals surface area contributed by atoms with Gasteiger partial charge in [0.1, 0.15) is 0 Å². The molecule has 2 amide bonds. The summed E-state index contributed by atoms with van der Waals surface area (Å²) in [5.74, 6) is -0.881. The Balaban J connectivity index is 2.48. The summed E-state index contributed by atoms with van der Waals surface area (Å²) >= 11 is 0. The van der Waals surface area contributed by atoms with Gasteiger partial charge in [-0.15, -0.1) is 0 Å². The van der Waals surface area contributed by atoms with E-state index in [1.165, 1.54) is 6.07 Å². The van der Waals surface area contributed by atoms with Crippen LogP contribution in [0, 0.1) is 0 Å². The molecule has 0 saturated heterocycles. The second kappa shape index (κ2) is 3.58. The third kappa shape index (κ3) is 1.33. The van der Waals surface area contributed by atoms with Crippen LogP contribution in [0.25, 0.3) is 21.2 Å². The van der Waals surface area contributed by atoms with E-state index in [2.05, 4.69) is 15.3 Å². The lowest BCUT2D eigenvalue weighted by molar-refractivity contribution is 0.0845. The van der Waals surface area contributed by atoms with Crippen LogP contribution >= 0.6 is 0 Å². The first-order valence-electron chi connectivity index (χ1n) is 5.18. The Kier molecular flexibility index (Phi) is 2.05. The zero-order valence-corrected chi connectivity index (χ0v) is 9.04. The molecule has 0 aliphatic carbocycles. The minimum absolute atomic E-state index is 0.349. The molecule has 2 aromatic rings. The second-order valence-electron chi connectivity index (χ2n) is 3.87. The minimum atomic E-state index is -0.473. The van der Waals surface area contributed by atoms with E-state index in [1.54, 1.807) is 24.3 Å². The van der Waals surface area contributed by atoms with E-state index in [9.17, 15) is 9.59 Å². The third-order valence-corrected chi connectivity index (χ3v) is 2.84. The molecule has 0 radical (unpaired) electrons. The Labute approximate surface area is 101 Å². The van der Waals surface area contributed by atoms with Crippen LogP contribution in [0.15, 0.2) is 35.4 Å². The lowest BCUT2D eigenvalue weighted by Gasteiger charge is -2.16. The number of carbonyl (C=O) groups is 2. The molecule has 0 unspecified atom stereocenters. The highest BCUT2D eigenvalue weighted by molar-refractivity contribution is 6.25. The van der Waals surface area contributed by atoms with Crippen molar-refractivity contribution >= 4 is 28.3 Å². The molecular formula is C12H6N4O2. The van der Waals surface area contributed by atoms with Gasteiger partial charge in [-0.25, -0.2) is 0 Å². The Hall–Kier alpha value is -2.85. The number of carbonyl (C=O) groups excluding carboxylic acids is 2. The molecule has 0 saturated carbocycles. The van der Waals surface area contributed by atoms with Crippen molar-refractivity contribution in [1.29, 1.82) is 0 Å². The van der Waals surface area contributed by atoms with E-state index >= 15 is 0 Å². The van der Waals surface area contributed by atoms with Gasteiger partial charge in [0, 0.05) is 27.1 Å². The van der Waals surface area contributed by atoms with Crippen molar-refractivity contribution in [3.8, 4) is 0 Å². The van der Waals surface area contributed by atoms with E-state index < -0.39 is 11.8 Å². The van der Waals surface area contributed by atoms with Crippen molar-refractivity contribution in [3.63, 3.8) is 0 Å². The average Bonchev–Trinajstić information content (AvgIpc) is 2.36. The molecule has 0 spiro atoms. The topological polar surface area (TPSA) is 94.9 Å². The molecule has 1 aliphatic rings. The van der Waals surface area contributed by atoms with Crippen LogP contribution in [0.4, 0.5) is 5.69 Å². The van der Waals surface area contributed by atoms with Gasteiger partial charge in [0.15, 0.2) is 0 Å². The number of nitrogens with one attached hydrogen (secondary N) is 1. The Morgan fingerprint density at radius 3 is 2.67 bits per heavy atom. The van der Waals surface area contributed by atoms with Gasteiger partial charge in [-0.1, -0.05) is 17.2 Å². The summed E-state index contributed by atoms with van der Waals surface area (Å²) in [7, 11) is 0. The summed E-state index contributed by atoms with van der Waals surface area (Å²) in [6, 6.07) is 8.27. The molecule has 1 N–H and O–H groups in total. The number of azide groups is 1. The highest BCUT2D eigenvalue weighted by Crippen LogP contribution is 2.30. The first kappa shape index (κ1) is 10.3.